The third-order valence-corrected chi connectivity index (χ3v) is 4.86. The molecule has 1 N–H and O–H groups in total. The van der Waals surface area contributed by atoms with Crippen molar-refractivity contribution in [3.63, 3.8) is 0 Å². The van der Waals surface area contributed by atoms with Crippen LogP contribution in [0.5, 0.6) is 0 Å². The fourth-order valence-electron chi connectivity index (χ4n) is 3.61. The number of para-hydroxylation sites is 1. The second-order valence-electron chi connectivity index (χ2n) is 6.78. The van der Waals surface area contributed by atoms with Crippen molar-refractivity contribution in [2.45, 2.75) is 25.1 Å². The van der Waals surface area contributed by atoms with Crippen LogP contribution in [0.4, 0.5) is 0 Å². The zero-order chi connectivity index (χ0) is 18.2. The van der Waals surface area contributed by atoms with E-state index in [0.29, 0.717) is 31.2 Å². The average molecular weight is 362 g/mol. The van der Waals surface area contributed by atoms with Crippen molar-refractivity contribution >= 4 is 11.0 Å². The second kappa shape index (κ2) is 6.61. The van der Waals surface area contributed by atoms with Gasteiger partial charge in [0.1, 0.15) is 11.3 Å². The summed E-state index contributed by atoms with van der Waals surface area (Å²) in [6, 6.07) is 13.5. The lowest BCUT2D eigenvalue weighted by Crippen LogP contribution is -2.24. The van der Waals surface area contributed by atoms with E-state index in [-0.39, 0.29) is 6.04 Å². The molecule has 4 heterocycles. The van der Waals surface area contributed by atoms with E-state index < -0.39 is 6.10 Å². The summed E-state index contributed by atoms with van der Waals surface area (Å²) in [6.45, 7) is 1.10. The van der Waals surface area contributed by atoms with Crippen molar-refractivity contribution in [1.82, 2.24) is 20.0 Å². The third-order valence-electron chi connectivity index (χ3n) is 4.86. The number of pyridine rings is 1. The zero-order valence-corrected chi connectivity index (χ0v) is 14.5. The number of nitrogens with zero attached hydrogens (tertiary/aromatic N) is 4. The van der Waals surface area contributed by atoms with Gasteiger partial charge in [-0.1, -0.05) is 23.4 Å². The molecule has 2 unspecified atom stereocenters. The first-order valence-electron chi connectivity index (χ1n) is 8.90. The molecule has 7 nitrogen and oxygen atoms in total. The van der Waals surface area contributed by atoms with Crippen LogP contribution in [0.1, 0.15) is 24.1 Å². The van der Waals surface area contributed by atoms with E-state index in [1.54, 1.807) is 12.4 Å². The summed E-state index contributed by atoms with van der Waals surface area (Å²) in [5.74, 6) is 1.85. The molecule has 136 valence electrons. The maximum absolute atomic E-state index is 10.2. The summed E-state index contributed by atoms with van der Waals surface area (Å²) in [4.78, 5) is 10.7. The highest BCUT2D eigenvalue weighted by Crippen LogP contribution is 2.34. The van der Waals surface area contributed by atoms with E-state index in [1.165, 1.54) is 0 Å². The number of benzene rings is 1. The SMILES string of the molecule is OC1CC(c2nc(-c3cccnc3)no2)N(Cc2cc3ccccc3o2)C1. The molecule has 1 aliphatic rings. The monoisotopic (exact) mass is 362 g/mol. The summed E-state index contributed by atoms with van der Waals surface area (Å²) in [5, 5.41) is 15.3. The molecule has 0 bridgehead atoms. The number of β-amino-alcohol motifs (C(OH)–C–C–N with tert-alkyl or cyclic N) is 1. The minimum atomic E-state index is -0.437. The normalized spacial score (nSPS) is 20.5. The molecule has 0 amide bonds. The highest BCUT2D eigenvalue weighted by atomic mass is 16.5. The van der Waals surface area contributed by atoms with Crippen LogP contribution in [-0.2, 0) is 6.54 Å². The number of hydrogen-bond acceptors (Lipinski definition) is 7. The van der Waals surface area contributed by atoms with Crippen LogP contribution < -0.4 is 0 Å². The number of rotatable bonds is 4. The van der Waals surface area contributed by atoms with E-state index in [0.717, 1.165) is 22.3 Å². The Labute approximate surface area is 155 Å². The molecule has 1 fully saturated rings. The van der Waals surface area contributed by atoms with E-state index in [4.69, 9.17) is 8.94 Å². The van der Waals surface area contributed by atoms with Gasteiger partial charge in [-0.05, 0) is 30.7 Å². The molecular formula is C20H18N4O3. The molecule has 7 heteroatoms. The number of likely N-dealkylation sites (tertiary alicyclic amines) is 1. The molecule has 1 saturated heterocycles. The standard InChI is InChI=1S/C20H18N4O3/c25-15-9-17(20-22-19(23-27-20)14-5-3-7-21-10-14)24(11-15)12-16-8-13-4-1-2-6-18(13)26-16/h1-8,10,15,17,25H,9,11-12H2. The number of fused-ring (bicyclic) bond motifs is 1. The van der Waals surface area contributed by atoms with E-state index in [1.807, 2.05) is 42.5 Å². The largest absolute Gasteiger partial charge is 0.460 e. The first kappa shape index (κ1) is 16.2. The summed E-state index contributed by atoms with van der Waals surface area (Å²) < 4.78 is 11.4. The summed E-state index contributed by atoms with van der Waals surface area (Å²) in [5.41, 5.74) is 1.66. The van der Waals surface area contributed by atoms with Crippen molar-refractivity contribution < 1.29 is 14.0 Å². The zero-order valence-electron chi connectivity index (χ0n) is 14.5. The molecule has 5 rings (SSSR count). The molecule has 2 atom stereocenters. The molecule has 0 aliphatic carbocycles. The van der Waals surface area contributed by atoms with Crippen molar-refractivity contribution in [1.29, 1.82) is 0 Å². The highest BCUT2D eigenvalue weighted by Gasteiger charge is 2.36. The molecule has 0 spiro atoms. The number of aliphatic hydroxyl groups excluding tert-OH is 1. The fourth-order valence-corrected chi connectivity index (χ4v) is 3.61. The van der Waals surface area contributed by atoms with Crippen LogP contribution in [0.3, 0.4) is 0 Å². The lowest BCUT2D eigenvalue weighted by molar-refractivity contribution is 0.164. The molecular weight excluding hydrogens is 344 g/mol. The van der Waals surface area contributed by atoms with Crippen molar-refractivity contribution in [3.8, 4) is 11.4 Å². The summed E-state index contributed by atoms with van der Waals surface area (Å²) >= 11 is 0. The van der Waals surface area contributed by atoms with Crippen LogP contribution >= 0.6 is 0 Å². The second-order valence-corrected chi connectivity index (χ2v) is 6.78. The van der Waals surface area contributed by atoms with Gasteiger partial charge in [-0.2, -0.15) is 4.98 Å². The molecule has 0 radical (unpaired) electrons. The average Bonchev–Trinajstić information content (AvgIpc) is 3.40. The number of aliphatic hydroxyl groups is 1. The van der Waals surface area contributed by atoms with Crippen LogP contribution in [0.25, 0.3) is 22.4 Å². The smallest absolute Gasteiger partial charge is 0.244 e. The molecule has 4 aromatic rings. The Morgan fingerprint density at radius 3 is 2.96 bits per heavy atom. The van der Waals surface area contributed by atoms with Crippen LogP contribution in [-0.4, -0.2) is 37.8 Å². The topological polar surface area (TPSA) is 88.4 Å². The predicted octanol–water partition coefficient (Wildman–Crippen LogP) is 3.19. The molecule has 27 heavy (non-hydrogen) atoms. The van der Waals surface area contributed by atoms with Gasteiger partial charge in [-0.15, -0.1) is 0 Å². The predicted molar refractivity (Wildman–Crippen MR) is 97.5 cm³/mol. The van der Waals surface area contributed by atoms with Crippen molar-refractivity contribution in [3.05, 3.63) is 66.5 Å². The summed E-state index contributed by atoms with van der Waals surface area (Å²) in [7, 11) is 0. The molecule has 1 aliphatic heterocycles. The minimum Gasteiger partial charge on any atom is -0.460 e. The Morgan fingerprint density at radius 1 is 1.19 bits per heavy atom. The van der Waals surface area contributed by atoms with Gasteiger partial charge in [0.25, 0.3) is 0 Å². The Kier molecular flexibility index (Phi) is 3.95. The van der Waals surface area contributed by atoms with Gasteiger partial charge in [0.2, 0.25) is 11.7 Å². The number of hydrogen-bond donors (Lipinski definition) is 1. The minimum absolute atomic E-state index is 0.147. The van der Waals surface area contributed by atoms with Crippen LogP contribution in [0, 0.1) is 0 Å². The van der Waals surface area contributed by atoms with Gasteiger partial charge in [0, 0.05) is 29.9 Å². The van der Waals surface area contributed by atoms with Gasteiger partial charge in [0.15, 0.2) is 0 Å². The maximum atomic E-state index is 10.2. The Balaban J connectivity index is 1.40. The van der Waals surface area contributed by atoms with E-state index in [2.05, 4.69) is 20.0 Å². The highest BCUT2D eigenvalue weighted by molar-refractivity contribution is 5.77. The lowest BCUT2D eigenvalue weighted by atomic mass is 10.2. The Morgan fingerprint density at radius 2 is 2.11 bits per heavy atom. The fraction of sp³-hybridized carbons (Fsp3) is 0.250. The van der Waals surface area contributed by atoms with E-state index >= 15 is 0 Å². The molecule has 0 saturated carbocycles. The van der Waals surface area contributed by atoms with Gasteiger partial charge in [-0.3, -0.25) is 9.88 Å². The first-order chi connectivity index (χ1) is 13.3. The Hall–Kier alpha value is -3.03. The quantitative estimate of drug-likeness (QED) is 0.596. The number of aromatic nitrogens is 3. The van der Waals surface area contributed by atoms with Gasteiger partial charge in [-0.25, -0.2) is 0 Å². The van der Waals surface area contributed by atoms with Gasteiger partial charge in [0.05, 0.1) is 18.7 Å². The Bertz CT molecular complexity index is 1030. The third kappa shape index (κ3) is 3.11. The molecule has 1 aromatic carbocycles. The maximum Gasteiger partial charge on any atom is 0.244 e. The molecule has 3 aromatic heterocycles. The van der Waals surface area contributed by atoms with Crippen molar-refractivity contribution in [2.24, 2.45) is 0 Å². The van der Waals surface area contributed by atoms with E-state index in [9.17, 15) is 5.11 Å². The van der Waals surface area contributed by atoms with Gasteiger partial charge < -0.3 is 14.0 Å². The lowest BCUT2D eigenvalue weighted by Gasteiger charge is -2.19. The first-order valence-corrected chi connectivity index (χ1v) is 8.90. The van der Waals surface area contributed by atoms with Crippen LogP contribution in [0.15, 0.2) is 63.8 Å². The van der Waals surface area contributed by atoms with Crippen molar-refractivity contribution in [2.75, 3.05) is 6.54 Å². The van der Waals surface area contributed by atoms with Gasteiger partial charge >= 0.3 is 0 Å². The van der Waals surface area contributed by atoms with Crippen LogP contribution in [0.2, 0.25) is 0 Å². The summed E-state index contributed by atoms with van der Waals surface area (Å²) in [6.07, 6.45) is 3.51. The number of furan rings is 1.